The van der Waals surface area contributed by atoms with Crippen molar-refractivity contribution in [1.82, 2.24) is 0 Å². The van der Waals surface area contributed by atoms with Crippen molar-refractivity contribution in [2.24, 2.45) is 10.2 Å². The van der Waals surface area contributed by atoms with Crippen molar-refractivity contribution in [1.29, 1.82) is 0 Å². The van der Waals surface area contributed by atoms with Gasteiger partial charge in [-0.25, -0.2) is 16.8 Å². The molecule has 0 spiro atoms. The van der Waals surface area contributed by atoms with Gasteiger partial charge in [-0.3, -0.25) is 4.18 Å². The standard InChI is InChI=1S/C14H16N4O6S2.Na/c15-10-1-6-14(13(16)9-10)18-17-11-2-4-12(5-3-11)25(19,20)8-7-24-26(21,22)23;/h1-6,9H,7-8,15-16H2,(H,21,22,23);/q;+1/p-1. The third-order valence-electron chi connectivity index (χ3n) is 3.10. The van der Waals surface area contributed by atoms with Crippen LogP contribution in [0.2, 0.25) is 0 Å². The molecule has 2 rings (SSSR count). The fourth-order valence-corrected chi connectivity index (χ4v) is 3.34. The van der Waals surface area contributed by atoms with E-state index in [2.05, 4.69) is 14.4 Å². The number of nitrogen functional groups attached to an aromatic ring is 2. The molecule has 13 heteroatoms. The summed E-state index contributed by atoms with van der Waals surface area (Å²) in [6.07, 6.45) is 0. The number of hydrogen-bond donors (Lipinski definition) is 2. The van der Waals surface area contributed by atoms with Crippen molar-refractivity contribution in [2.75, 3.05) is 23.8 Å². The van der Waals surface area contributed by atoms with Crippen LogP contribution in [0.5, 0.6) is 0 Å². The second-order valence-corrected chi connectivity index (χ2v) is 8.22. The molecule has 2 aromatic rings. The molecule has 0 unspecified atom stereocenters. The van der Waals surface area contributed by atoms with Crippen LogP contribution >= 0.6 is 0 Å². The summed E-state index contributed by atoms with van der Waals surface area (Å²) in [4.78, 5) is -0.0738. The minimum Gasteiger partial charge on any atom is -0.726 e. The third kappa shape index (κ3) is 7.54. The zero-order valence-electron chi connectivity index (χ0n) is 14.3. The van der Waals surface area contributed by atoms with Crippen LogP contribution in [-0.2, 0) is 24.4 Å². The van der Waals surface area contributed by atoms with Gasteiger partial charge >= 0.3 is 29.6 Å². The number of sulfone groups is 1. The summed E-state index contributed by atoms with van der Waals surface area (Å²) in [5, 5.41) is 7.91. The first-order chi connectivity index (χ1) is 12.1. The summed E-state index contributed by atoms with van der Waals surface area (Å²) < 4.78 is 58.9. The summed E-state index contributed by atoms with van der Waals surface area (Å²) in [7, 11) is -8.75. The Morgan fingerprint density at radius 3 is 2.15 bits per heavy atom. The Hall–Kier alpha value is -1.54. The van der Waals surface area contributed by atoms with Gasteiger partial charge in [0.25, 0.3) is 0 Å². The minimum absolute atomic E-state index is 0. The molecule has 0 saturated heterocycles. The van der Waals surface area contributed by atoms with Crippen LogP contribution in [0, 0.1) is 0 Å². The molecule has 0 aliphatic carbocycles. The predicted molar refractivity (Wildman–Crippen MR) is 93.6 cm³/mol. The first kappa shape index (κ1) is 23.5. The maximum absolute atomic E-state index is 12.0. The normalized spacial score (nSPS) is 12.0. The van der Waals surface area contributed by atoms with E-state index in [0.29, 0.717) is 22.7 Å². The molecule has 0 aliphatic rings. The monoisotopic (exact) mass is 422 g/mol. The van der Waals surface area contributed by atoms with Gasteiger partial charge in [-0.15, -0.1) is 5.11 Å². The molecule has 0 amide bonds. The molecular formula is C14H15N4NaO6S2. The van der Waals surface area contributed by atoms with E-state index in [-0.39, 0.29) is 34.5 Å². The van der Waals surface area contributed by atoms with Crippen LogP contribution in [0.25, 0.3) is 0 Å². The summed E-state index contributed by atoms with van der Waals surface area (Å²) in [5.74, 6) is -0.655. The van der Waals surface area contributed by atoms with Gasteiger partial charge in [0, 0.05) is 5.69 Å². The maximum atomic E-state index is 12.0. The van der Waals surface area contributed by atoms with E-state index in [1.165, 1.54) is 30.3 Å². The Bertz CT molecular complexity index is 1020. The molecular weight excluding hydrogens is 407 g/mol. The largest absolute Gasteiger partial charge is 1.00 e. The fourth-order valence-electron chi connectivity index (χ4n) is 1.86. The van der Waals surface area contributed by atoms with Gasteiger partial charge in [-0.1, -0.05) is 0 Å². The predicted octanol–water partition coefficient (Wildman–Crippen LogP) is -1.48. The van der Waals surface area contributed by atoms with E-state index >= 15 is 0 Å². The number of rotatable bonds is 7. The van der Waals surface area contributed by atoms with E-state index in [1.807, 2.05) is 0 Å². The van der Waals surface area contributed by atoms with Crippen molar-refractivity contribution in [3.63, 3.8) is 0 Å². The zero-order chi connectivity index (χ0) is 19.4. The molecule has 0 radical (unpaired) electrons. The Labute approximate surface area is 178 Å². The Morgan fingerprint density at radius 2 is 1.59 bits per heavy atom. The number of azo groups is 1. The molecule has 0 fully saturated rings. The molecule has 0 atom stereocenters. The number of nitrogens with zero attached hydrogens (tertiary/aromatic N) is 2. The maximum Gasteiger partial charge on any atom is 1.00 e. The second-order valence-electron chi connectivity index (χ2n) is 5.06. The molecule has 140 valence electrons. The van der Waals surface area contributed by atoms with E-state index < -0.39 is 32.6 Å². The Kier molecular flexibility index (Phi) is 8.35. The quantitative estimate of drug-likeness (QED) is 0.178. The Balaban J connectivity index is 0.00000364. The molecule has 0 aromatic heterocycles. The van der Waals surface area contributed by atoms with Crippen molar-refractivity contribution >= 4 is 43.0 Å². The van der Waals surface area contributed by atoms with Gasteiger partial charge in [0.15, 0.2) is 9.84 Å². The van der Waals surface area contributed by atoms with Crippen LogP contribution in [0.1, 0.15) is 0 Å². The minimum atomic E-state index is -4.94. The van der Waals surface area contributed by atoms with Crippen molar-refractivity contribution in [2.45, 2.75) is 4.90 Å². The molecule has 0 aliphatic heterocycles. The molecule has 27 heavy (non-hydrogen) atoms. The fraction of sp³-hybridized carbons (Fsp3) is 0.143. The van der Waals surface area contributed by atoms with Crippen molar-refractivity contribution in [3.8, 4) is 0 Å². The Morgan fingerprint density at radius 1 is 0.963 bits per heavy atom. The van der Waals surface area contributed by atoms with Gasteiger partial charge in [-0.05, 0) is 42.5 Å². The van der Waals surface area contributed by atoms with Gasteiger partial charge in [0.1, 0.15) is 5.69 Å². The van der Waals surface area contributed by atoms with E-state index in [9.17, 15) is 21.4 Å². The summed E-state index contributed by atoms with van der Waals surface area (Å²) >= 11 is 0. The topological polar surface area (TPSA) is 177 Å². The van der Waals surface area contributed by atoms with Crippen LogP contribution in [0.15, 0.2) is 57.6 Å². The summed E-state index contributed by atoms with van der Waals surface area (Å²) in [6.45, 7) is -0.758. The van der Waals surface area contributed by atoms with Crippen molar-refractivity contribution < 1.29 is 55.1 Å². The van der Waals surface area contributed by atoms with Gasteiger partial charge < -0.3 is 16.0 Å². The van der Waals surface area contributed by atoms with Crippen LogP contribution in [0.3, 0.4) is 0 Å². The molecule has 4 N–H and O–H groups in total. The smallest absolute Gasteiger partial charge is 0.726 e. The van der Waals surface area contributed by atoms with Gasteiger partial charge in [-0.2, -0.15) is 5.11 Å². The first-order valence-electron chi connectivity index (χ1n) is 7.07. The molecule has 0 bridgehead atoms. The van der Waals surface area contributed by atoms with Crippen LogP contribution in [0.4, 0.5) is 22.7 Å². The number of nitrogens with two attached hydrogens (primary N) is 2. The van der Waals surface area contributed by atoms with Crippen LogP contribution in [-0.4, -0.2) is 33.7 Å². The van der Waals surface area contributed by atoms with E-state index in [4.69, 9.17) is 11.5 Å². The van der Waals surface area contributed by atoms with Gasteiger partial charge in [0.2, 0.25) is 10.4 Å². The molecule has 2 aromatic carbocycles. The SMILES string of the molecule is Nc1ccc(N=Nc2ccc(S(=O)(=O)CCOS(=O)(=O)[O-])cc2)c(N)c1.[Na+]. The first-order valence-corrected chi connectivity index (χ1v) is 10.1. The average molecular weight is 422 g/mol. The average Bonchev–Trinajstić information content (AvgIpc) is 2.53. The number of hydrogen-bond acceptors (Lipinski definition) is 10. The molecule has 10 nitrogen and oxygen atoms in total. The third-order valence-corrected chi connectivity index (χ3v) is 5.25. The second kappa shape index (κ2) is 9.59. The number of benzene rings is 2. The molecule has 0 saturated carbocycles. The summed E-state index contributed by atoms with van der Waals surface area (Å²) in [5.41, 5.74) is 13.0. The zero-order valence-corrected chi connectivity index (χ0v) is 17.9. The van der Waals surface area contributed by atoms with E-state index in [0.717, 1.165) is 0 Å². The van der Waals surface area contributed by atoms with Gasteiger partial charge in [0.05, 0.1) is 28.6 Å². The number of anilines is 2. The van der Waals surface area contributed by atoms with E-state index in [1.54, 1.807) is 12.1 Å². The molecule has 0 heterocycles. The summed E-state index contributed by atoms with van der Waals surface area (Å²) in [6, 6.07) is 10.1. The van der Waals surface area contributed by atoms with Crippen LogP contribution < -0.4 is 41.0 Å². The van der Waals surface area contributed by atoms with Crippen molar-refractivity contribution in [3.05, 3.63) is 42.5 Å².